The van der Waals surface area contributed by atoms with Gasteiger partial charge in [-0.2, -0.15) is 17.0 Å². The van der Waals surface area contributed by atoms with E-state index >= 15 is 0 Å². The van der Waals surface area contributed by atoms with E-state index in [1.807, 2.05) is 30.3 Å². The smallest absolute Gasteiger partial charge is 0.325 e. The van der Waals surface area contributed by atoms with Crippen LogP contribution in [0.2, 0.25) is 0 Å². The molecule has 0 amide bonds. The molecule has 1 saturated heterocycles. The van der Waals surface area contributed by atoms with Gasteiger partial charge in [0.15, 0.2) is 0 Å². The Balaban J connectivity index is 2.10. The van der Waals surface area contributed by atoms with E-state index in [4.69, 9.17) is 10.8 Å². The van der Waals surface area contributed by atoms with E-state index in [1.54, 1.807) is 0 Å². The first kappa shape index (κ1) is 15.9. The maximum atomic E-state index is 12.5. The van der Waals surface area contributed by atoms with Crippen LogP contribution in [0.1, 0.15) is 12.0 Å². The highest BCUT2D eigenvalue weighted by Crippen LogP contribution is 2.23. The molecule has 0 spiro atoms. The molecule has 1 aromatic carbocycles. The van der Waals surface area contributed by atoms with Crippen molar-refractivity contribution in [2.24, 2.45) is 5.73 Å². The van der Waals surface area contributed by atoms with Crippen LogP contribution in [0, 0.1) is 0 Å². The fourth-order valence-electron chi connectivity index (χ4n) is 2.29. The molecule has 1 aromatic rings. The van der Waals surface area contributed by atoms with E-state index in [2.05, 4.69) is 0 Å². The molecule has 1 unspecified atom stereocenters. The molecular formula is C13H19N3O4S. The first-order valence-corrected chi connectivity index (χ1v) is 7.93. The minimum atomic E-state index is -3.72. The van der Waals surface area contributed by atoms with Crippen LogP contribution in [-0.4, -0.2) is 53.8 Å². The Labute approximate surface area is 124 Å². The normalized spacial score (nSPS) is 23.6. The van der Waals surface area contributed by atoms with E-state index in [1.165, 1.54) is 11.4 Å². The summed E-state index contributed by atoms with van der Waals surface area (Å²) in [6.07, 6.45) is 0.112. The lowest BCUT2D eigenvalue weighted by Crippen LogP contribution is -2.51. The molecule has 1 heterocycles. The molecule has 1 atom stereocenters. The van der Waals surface area contributed by atoms with E-state index in [-0.39, 0.29) is 26.1 Å². The molecule has 1 fully saturated rings. The van der Waals surface area contributed by atoms with Crippen molar-refractivity contribution in [2.45, 2.75) is 18.5 Å². The molecule has 0 aromatic heterocycles. The lowest BCUT2D eigenvalue weighted by molar-refractivity contribution is -0.142. The number of rotatable bonds is 5. The third kappa shape index (κ3) is 3.24. The van der Waals surface area contributed by atoms with Crippen LogP contribution in [0.5, 0.6) is 0 Å². The van der Waals surface area contributed by atoms with Gasteiger partial charge < -0.3 is 10.8 Å². The first-order chi connectivity index (χ1) is 9.75. The molecule has 1 aliphatic heterocycles. The fraction of sp³-hybridized carbons (Fsp3) is 0.462. The van der Waals surface area contributed by atoms with Crippen molar-refractivity contribution in [3.05, 3.63) is 35.9 Å². The predicted octanol–water partition coefficient (Wildman–Crippen LogP) is -0.149. The van der Waals surface area contributed by atoms with Gasteiger partial charge >= 0.3 is 5.97 Å². The highest BCUT2D eigenvalue weighted by Gasteiger charge is 2.46. The summed E-state index contributed by atoms with van der Waals surface area (Å²) in [6, 6.07) is 9.19. The number of carboxylic acids is 1. The largest absolute Gasteiger partial charge is 0.480 e. The average molecular weight is 313 g/mol. The zero-order valence-corrected chi connectivity index (χ0v) is 12.6. The summed E-state index contributed by atoms with van der Waals surface area (Å²) in [5, 5.41) is 9.07. The minimum absolute atomic E-state index is 0.112. The van der Waals surface area contributed by atoms with Crippen LogP contribution in [-0.2, 0) is 21.5 Å². The molecule has 0 saturated carbocycles. The number of hydrogen-bond acceptors (Lipinski definition) is 4. The summed E-state index contributed by atoms with van der Waals surface area (Å²) in [7, 11) is -2.25. The van der Waals surface area contributed by atoms with Gasteiger partial charge in [0.25, 0.3) is 10.2 Å². The van der Waals surface area contributed by atoms with Crippen molar-refractivity contribution in [2.75, 3.05) is 20.1 Å². The van der Waals surface area contributed by atoms with Gasteiger partial charge in [-0.3, -0.25) is 4.79 Å². The van der Waals surface area contributed by atoms with Gasteiger partial charge in [0.05, 0.1) is 0 Å². The standard InChI is InChI=1S/C13H19N3O4S/c1-15(9-11-5-3-2-4-6-11)21(19,20)16-8-7-13(14,10-16)12(17)18/h2-6H,7-10,14H2,1H3,(H,17,18). The van der Waals surface area contributed by atoms with E-state index in [0.717, 1.165) is 9.87 Å². The van der Waals surface area contributed by atoms with Crippen molar-refractivity contribution in [1.29, 1.82) is 0 Å². The molecule has 0 bridgehead atoms. The maximum absolute atomic E-state index is 12.5. The molecular weight excluding hydrogens is 294 g/mol. The lowest BCUT2D eigenvalue weighted by atomic mass is 10.0. The Morgan fingerprint density at radius 3 is 2.57 bits per heavy atom. The molecule has 21 heavy (non-hydrogen) atoms. The second-order valence-corrected chi connectivity index (χ2v) is 7.33. The molecule has 2 rings (SSSR count). The average Bonchev–Trinajstić information content (AvgIpc) is 2.84. The number of carbonyl (C=O) groups is 1. The van der Waals surface area contributed by atoms with E-state index < -0.39 is 21.7 Å². The summed E-state index contributed by atoms with van der Waals surface area (Å²) >= 11 is 0. The summed E-state index contributed by atoms with van der Waals surface area (Å²) < 4.78 is 27.2. The zero-order chi connectivity index (χ0) is 15.7. The van der Waals surface area contributed by atoms with E-state index in [0.29, 0.717) is 0 Å². The third-order valence-corrected chi connectivity index (χ3v) is 5.54. The molecule has 1 aliphatic rings. The minimum Gasteiger partial charge on any atom is -0.480 e. The van der Waals surface area contributed by atoms with Gasteiger partial charge in [-0.1, -0.05) is 30.3 Å². The topological polar surface area (TPSA) is 104 Å². The van der Waals surface area contributed by atoms with E-state index in [9.17, 15) is 13.2 Å². The summed E-state index contributed by atoms with van der Waals surface area (Å²) in [4.78, 5) is 11.1. The van der Waals surface area contributed by atoms with Crippen molar-refractivity contribution in [1.82, 2.24) is 8.61 Å². The summed E-state index contributed by atoms with van der Waals surface area (Å²) in [5.74, 6) is -1.18. The van der Waals surface area contributed by atoms with Crippen LogP contribution in [0.4, 0.5) is 0 Å². The maximum Gasteiger partial charge on any atom is 0.325 e. The number of carboxylic acid groups (broad SMARTS) is 1. The number of nitrogens with zero attached hydrogens (tertiary/aromatic N) is 2. The highest BCUT2D eigenvalue weighted by atomic mass is 32.2. The predicted molar refractivity (Wildman–Crippen MR) is 77.6 cm³/mol. The van der Waals surface area contributed by atoms with Crippen LogP contribution >= 0.6 is 0 Å². The second-order valence-electron chi connectivity index (χ2n) is 5.29. The second kappa shape index (κ2) is 5.72. The SMILES string of the molecule is CN(Cc1ccccc1)S(=O)(=O)N1CCC(N)(C(=O)O)C1. The Hall–Kier alpha value is -1.48. The van der Waals surface area contributed by atoms with Crippen molar-refractivity contribution >= 4 is 16.2 Å². The lowest BCUT2D eigenvalue weighted by Gasteiger charge is -2.25. The quantitative estimate of drug-likeness (QED) is 0.787. The van der Waals surface area contributed by atoms with Gasteiger partial charge in [0.2, 0.25) is 0 Å². The van der Waals surface area contributed by atoms with Gasteiger partial charge in [-0.25, -0.2) is 0 Å². The first-order valence-electron chi connectivity index (χ1n) is 6.53. The van der Waals surface area contributed by atoms with Gasteiger partial charge in [0, 0.05) is 26.7 Å². The molecule has 3 N–H and O–H groups in total. The number of aliphatic carboxylic acids is 1. The van der Waals surface area contributed by atoms with Gasteiger partial charge in [-0.05, 0) is 12.0 Å². The number of benzene rings is 1. The van der Waals surface area contributed by atoms with Crippen LogP contribution in [0.25, 0.3) is 0 Å². The van der Waals surface area contributed by atoms with Crippen molar-refractivity contribution in [3.63, 3.8) is 0 Å². The fourth-order valence-corrected chi connectivity index (χ4v) is 3.71. The Bertz CT molecular complexity index is 620. The number of hydrogen-bond donors (Lipinski definition) is 2. The van der Waals surface area contributed by atoms with Crippen LogP contribution in [0.3, 0.4) is 0 Å². The zero-order valence-electron chi connectivity index (χ0n) is 11.8. The third-order valence-electron chi connectivity index (χ3n) is 3.66. The Kier molecular flexibility index (Phi) is 4.33. The highest BCUT2D eigenvalue weighted by molar-refractivity contribution is 7.86. The van der Waals surface area contributed by atoms with Gasteiger partial charge in [-0.15, -0.1) is 0 Å². The van der Waals surface area contributed by atoms with Crippen molar-refractivity contribution in [3.8, 4) is 0 Å². The molecule has 7 nitrogen and oxygen atoms in total. The van der Waals surface area contributed by atoms with Crippen LogP contribution in [0.15, 0.2) is 30.3 Å². The molecule has 116 valence electrons. The Morgan fingerprint density at radius 1 is 1.43 bits per heavy atom. The Morgan fingerprint density at radius 2 is 2.05 bits per heavy atom. The monoisotopic (exact) mass is 313 g/mol. The summed E-state index contributed by atoms with van der Waals surface area (Å²) in [6.45, 7) is 0.137. The van der Waals surface area contributed by atoms with Crippen molar-refractivity contribution < 1.29 is 18.3 Å². The molecule has 0 aliphatic carbocycles. The summed E-state index contributed by atoms with van der Waals surface area (Å²) in [5.41, 5.74) is 5.08. The number of nitrogens with two attached hydrogens (primary N) is 1. The van der Waals surface area contributed by atoms with Crippen LogP contribution < -0.4 is 5.73 Å². The van der Waals surface area contributed by atoms with Gasteiger partial charge in [0.1, 0.15) is 5.54 Å². The molecule has 8 heteroatoms. The molecule has 0 radical (unpaired) electrons.